The number of piperidine rings is 1. The van der Waals surface area contributed by atoms with Crippen LogP contribution < -0.4 is 19.5 Å². The molecule has 43 heavy (non-hydrogen) atoms. The first-order chi connectivity index (χ1) is 20.4. The second-order valence-electron chi connectivity index (χ2n) is 13.1. The van der Waals surface area contributed by atoms with Crippen molar-refractivity contribution in [1.82, 2.24) is 14.5 Å². The minimum absolute atomic E-state index is 0.0285. The normalized spacial score (nSPS) is 23.1. The summed E-state index contributed by atoms with van der Waals surface area (Å²) < 4.78 is 45.4. The van der Waals surface area contributed by atoms with Crippen LogP contribution in [0.1, 0.15) is 58.4 Å². The molecular weight excluding hydrogens is 570 g/mol. The Morgan fingerprint density at radius 3 is 2.49 bits per heavy atom. The van der Waals surface area contributed by atoms with Gasteiger partial charge in [0, 0.05) is 31.7 Å². The number of carbonyl (C=O) groups excluding carboxylic acids is 1. The van der Waals surface area contributed by atoms with Gasteiger partial charge in [-0.05, 0) is 87.4 Å². The number of carbonyl (C=O) groups is 1. The maximum atomic E-state index is 14.0. The van der Waals surface area contributed by atoms with Gasteiger partial charge in [-0.15, -0.1) is 0 Å². The number of nitrogens with one attached hydrogen (secondary N) is 1. The number of amides is 1. The van der Waals surface area contributed by atoms with Crippen LogP contribution in [0.3, 0.4) is 0 Å². The van der Waals surface area contributed by atoms with Crippen molar-refractivity contribution in [2.75, 3.05) is 33.5 Å². The number of ether oxygens (including phenoxy) is 3. The molecule has 2 aromatic rings. The molecule has 1 aliphatic carbocycles. The zero-order valence-electron chi connectivity index (χ0n) is 25.6. The minimum atomic E-state index is -4.00. The Hall–Kier alpha value is -2.86. The molecule has 1 amide bonds. The number of likely N-dealkylation sites (tertiary alicyclic amines) is 1. The van der Waals surface area contributed by atoms with E-state index in [9.17, 15) is 18.3 Å². The highest BCUT2D eigenvalue weighted by molar-refractivity contribution is 7.89. The molecule has 236 valence electrons. The predicted molar refractivity (Wildman–Crippen MR) is 162 cm³/mol. The van der Waals surface area contributed by atoms with Crippen molar-refractivity contribution in [3.63, 3.8) is 0 Å². The monoisotopic (exact) mass is 615 g/mol. The fourth-order valence-corrected chi connectivity index (χ4v) is 8.04. The van der Waals surface area contributed by atoms with Crippen molar-refractivity contribution in [3.05, 3.63) is 48.0 Å². The van der Waals surface area contributed by atoms with E-state index in [1.807, 2.05) is 20.8 Å². The molecular formula is C32H45N3O7S. The summed E-state index contributed by atoms with van der Waals surface area (Å²) in [5.41, 5.74) is 0.331. The number of sulfonamides is 1. The number of methoxy groups -OCH3 is 1. The van der Waals surface area contributed by atoms with Gasteiger partial charge >= 0.3 is 0 Å². The minimum Gasteiger partial charge on any atom is -0.497 e. The first-order valence-electron chi connectivity index (χ1n) is 15.2. The molecule has 1 saturated carbocycles. The van der Waals surface area contributed by atoms with E-state index in [0.29, 0.717) is 34.6 Å². The highest BCUT2D eigenvalue weighted by Crippen LogP contribution is 2.39. The van der Waals surface area contributed by atoms with Crippen LogP contribution in [0.15, 0.2) is 47.4 Å². The summed E-state index contributed by atoms with van der Waals surface area (Å²) in [5, 5.41) is 14.6. The lowest BCUT2D eigenvalue weighted by atomic mass is 9.72. The van der Waals surface area contributed by atoms with Crippen LogP contribution in [0.2, 0.25) is 0 Å². The average Bonchev–Trinajstić information content (AvgIpc) is 3.43. The Morgan fingerprint density at radius 1 is 1.09 bits per heavy atom. The van der Waals surface area contributed by atoms with Crippen molar-refractivity contribution in [2.24, 2.45) is 11.8 Å². The third-order valence-electron chi connectivity index (χ3n) is 8.66. The average molecular weight is 616 g/mol. The van der Waals surface area contributed by atoms with Gasteiger partial charge in [-0.3, -0.25) is 9.69 Å². The lowest BCUT2D eigenvalue weighted by Gasteiger charge is -2.46. The van der Waals surface area contributed by atoms with Gasteiger partial charge in [0.2, 0.25) is 22.7 Å². The van der Waals surface area contributed by atoms with E-state index in [4.69, 9.17) is 14.2 Å². The van der Waals surface area contributed by atoms with Gasteiger partial charge in [0.25, 0.3) is 0 Å². The van der Waals surface area contributed by atoms with Crippen LogP contribution in [0.25, 0.3) is 0 Å². The van der Waals surface area contributed by atoms with Gasteiger partial charge < -0.3 is 24.6 Å². The molecule has 1 saturated heterocycles. The molecule has 5 rings (SSSR count). The standard InChI is InChI=1S/C32H45N3O7S/c1-32(2,3)33-31(37)28-16-23-7-5-6-8-24(23)18-34(28)19-25(36)20-35(17-22-9-14-29-30(15-22)42-21-41-29)43(38,39)27-12-10-26(40-4)11-13-27/h9-15,23-25,28,36H,5-8,16-21H2,1-4H3,(H,33,37)/t23-,24+,25+,28-/m0/s1. The maximum Gasteiger partial charge on any atom is 0.243 e. The van der Waals surface area contributed by atoms with Crippen molar-refractivity contribution in [3.8, 4) is 17.2 Å². The Bertz CT molecular complexity index is 1380. The molecule has 0 radical (unpaired) electrons. The zero-order chi connectivity index (χ0) is 30.8. The second kappa shape index (κ2) is 13.0. The molecule has 10 nitrogen and oxygen atoms in total. The fourth-order valence-electron chi connectivity index (χ4n) is 6.58. The predicted octanol–water partition coefficient (Wildman–Crippen LogP) is 3.77. The van der Waals surface area contributed by atoms with E-state index in [0.717, 1.165) is 25.8 Å². The number of aliphatic hydroxyl groups excluding tert-OH is 1. The quantitative estimate of drug-likeness (QED) is 0.415. The number of rotatable bonds is 10. The van der Waals surface area contributed by atoms with E-state index in [1.165, 1.54) is 36.4 Å². The molecule has 2 aliphatic heterocycles. The summed E-state index contributed by atoms with van der Waals surface area (Å²) in [4.78, 5) is 15.6. The number of nitrogens with zero attached hydrogens (tertiary/aromatic N) is 2. The van der Waals surface area contributed by atoms with Gasteiger partial charge in [0.15, 0.2) is 11.5 Å². The first kappa shape index (κ1) is 31.6. The van der Waals surface area contributed by atoms with Crippen molar-refractivity contribution < 1.29 is 32.5 Å². The summed E-state index contributed by atoms with van der Waals surface area (Å²) in [7, 11) is -2.47. The van der Waals surface area contributed by atoms with Crippen LogP contribution >= 0.6 is 0 Å². The van der Waals surface area contributed by atoms with E-state index in [2.05, 4.69) is 10.2 Å². The van der Waals surface area contributed by atoms with E-state index >= 15 is 0 Å². The Labute approximate surface area is 255 Å². The molecule has 0 spiro atoms. The number of fused-ring (bicyclic) bond motifs is 2. The van der Waals surface area contributed by atoms with Crippen molar-refractivity contribution in [1.29, 1.82) is 0 Å². The van der Waals surface area contributed by atoms with Crippen molar-refractivity contribution in [2.45, 2.75) is 82.0 Å². The molecule has 11 heteroatoms. The third kappa shape index (κ3) is 7.63. The molecule has 4 atom stereocenters. The van der Waals surface area contributed by atoms with Crippen molar-refractivity contribution >= 4 is 15.9 Å². The molecule has 2 N–H and O–H groups in total. The number of benzene rings is 2. The number of β-amino-alcohol motifs (C(OH)–C–C–N with tert-alkyl or cyclic N) is 1. The summed E-state index contributed by atoms with van der Waals surface area (Å²) in [6.07, 6.45) is 4.35. The largest absolute Gasteiger partial charge is 0.497 e. The highest BCUT2D eigenvalue weighted by Gasteiger charge is 2.41. The Kier molecular flexibility index (Phi) is 9.55. The Morgan fingerprint density at radius 2 is 1.79 bits per heavy atom. The van der Waals surface area contributed by atoms with Crippen LogP contribution in [0, 0.1) is 11.8 Å². The zero-order valence-corrected chi connectivity index (χ0v) is 26.4. The summed E-state index contributed by atoms with van der Waals surface area (Å²) in [6, 6.07) is 11.2. The lowest BCUT2D eigenvalue weighted by Crippen LogP contribution is -2.59. The number of hydrogen-bond donors (Lipinski definition) is 2. The SMILES string of the molecule is COc1ccc(S(=O)(=O)N(Cc2ccc3c(c2)OCO3)C[C@H](O)CN2C[C@H]3CCCC[C@H]3C[C@H]2C(=O)NC(C)(C)C)cc1. The van der Waals surface area contributed by atoms with Gasteiger partial charge in [0.05, 0.1) is 24.2 Å². The second-order valence-corrected chi connectivity index (χ2v) is 15.0. The Balaban J connectivity index is 1.38. The smallest absolute Gasteiger partial charge is 0.243 e. The first-order valence-corrected chi connectivity index (χ1v) is 16.6. The molecule has 2 fully saturated rings. The van der Waals surface area contributed by atoms with E-state index < -0.39 is 16.1 Å². The highest BCUT2D eigenvalue weighted by atomic mass is 32.2. The van der Waals surface area contributed by atoms with Gasteiger partial charge in [-0.2, -0.15) is 4.31 Å². The summed E-state index contributed by atoms with van der Waals surface area (Å²) in [6.45, 7) is 6.82. The molecule has 0 aromatic heterocycles. The van der Waals surface area contributed by atoms with Gasteiger partial charge in [-0.1, -0.05) is 25.3 Å². The number of hydrogen-bond acceptors (Lipinski definition) is 8. The molecule has 3 aliphatic rings. The van der Waals surface area contributed by atoms with E-state index in [1.54, 1.807) is 30.3 Å². The topological polar surface area (TPSA) is 118 Å². The molecule has 0 unspecified atom stereocenters. The maximum absolute atomic E-state index is 14.0. The van der Waals surface area contributed by atoms with Gasteiger partial charge in [-0.25, -0.2) is 8.42 Å². The third-order valence-corrected chi connectivity index (χ3v) is 10.5. The van der Waals surface area contributed by atoms with Gasteiger partial charge in [0.1, 0.15) is 5.75 Å². The summed E-state index contributed by atoms with van der Waals surface area (Å²) in [5.74, 6) is 2.66. The molecule has 2 aromatic carbocycles. The fraction of sp³-hybridized carbons (Fsp3) is 0.594. The lowest BCUT2D eigenvalue weighted by molar-refractivity contribution is -0.132. The van der Waals surface area contributed by atoms with Crippen LogP contribution in [-0.2, 0) is 21.4 Å². The van der Waals surface area contributed by atoms with Crippen LogP contribution in [-0.4, -0.2) is 79.9 Å². The van der Waals surface area contributed by atoms with E-state index in [-0.39, 0.29) is 48.8 Å². The van der Waals surface area contributed by atoms with Crippen LogP contribution in [0.5, 0.6) is 17.2 Å². The molecule has 0 bridgehead atoms. The number of aliphatic hydroxyl groups is 1. The molecule has 2 heterocycles. The van der Waals surface area contributed by atoms with Crippen LogP contribution in [0.4, 0.5) is 0 Å². The summed E-state index contributed by atoms with van der Waals surface area (Å²) >= 11 is 0.